The molecule has 0 aliphatic heterocycles. The molecular formula is C18H11NO2. The minimum Gasteiger partial charge on any atom is -0.289 e. The van der Waals surface area contributed by atoms with Gasteiger partial charge >= 0.3 is 0 Å². The Hall–Kier alpha value is -2.81. The number of carbonyl (C=O) groups is 2. The minimum atomic E-state index is -0.571. The average molecular weight is 273 g/mol. The summed E-state index contributed by atoms with van der Waals surface area (Å²) >= 11 is 0. The van der Waals surface area contributed by atoms with Crippen molar-refractivity contribution < 1.29 is 9.59 Å². The van der Waals surface area contributed by atoms with Crippen LogP contribution in [-0.2, 0) is 4.79 Å². The quantitative estimate of drug-likeness (QED) is 0.640. The Labute approximate surface area is 121 Å². The molecule has 0 bridgehead atoms. The number of hydrogen-bond donors (Lipinski definition) is 0. The Morgan fingerprint density at radius 1 is 0.810 bits per heavy atom. The van der Waals surface area contributed by atoms with Crippen molar-refractivity contribution >= 4 is 22.5 Å². The minimum absolute atomic E-state index is 0.390. The van der Waals surface area contributed by atoms with E-state index in [4.69, 9.17) is 0 Å². The van der Waals surface area contributed by atoms with Gasteiger partial charge in [-0.25, -0.2) is 0 Å². The Morgan fingerprint density at radius 3 is 2.48 bits per heavy atom. The van der Waals surface area contributed by atoms with E-state index in [-0.39, 0.29) is 5.78 Å². The summed E-state index contributed by atoms with van der Waals surface area (Å²) in [5.74, 6) is -1.37. The molecule has 0 amide bonds. The zero-order valence-electron chi connectivity index (χ0n) is 11.1. The molecule has 100 valence electrons. The molecule has 1 aromatic heterocycles. The van der Waals surface area contributed by atoms with Crippen molar-refractivity contribution in [2.45, 2.75) is 5.92 Å². The lowest BCUT2D eigenvalue weighted by Crippen LogP contribution is -2.14. The molecule has 1 atom stereocenters. The largest absolute Gasteiger partial charge is 0.289 e. The molecule has 2 aromatic carbocycles. The number of carbonyl (C=O) groups excluding carboxylic acids is 2. The van der Waals surface area contributed by atoms with Crippen molar-refractivity contribution in [3.05, 3.63) is 77.5 Å². The Bertz CT molecular complexity index is 898. The second-order valence-electron chi connectivity index (χ2n) is 5.14. The monoisotopic (exact) mass is 273 g/mol. The highest BCUT2D eigenvalue weighted by Gasteiger charge is 2.39. The summed E-state index contributed by atoms with van der Waals surface area (Å²) in [6, 6.07) is 18.7. The second-order valence-corrected chi connectivity index (χ2v) is 5.14. The molecule has 3 nitrogen and oxygen atoms in total. The molecule has 0 N–H and O–H groups in total. The van der Waals surface area contributed by atoms with Crippen molar-refractivity contribution in [2.75, 3.05) is 0 Å². The maximum atomic E-state index is 12.3. The number of benzene rings is 2. The van der Waals surface area contributed by atoms with Gasteiger partial charge in [0.15, 0.2) is 0 Å². The first-order valence-electron chi connectivity index (χ1n) is 6.79. The molecule has 21 heavy (non-hydrogen) atoms. The van der Waals surface area contributed by atoms with Crippen molar-refractivity contribution in [3.63, 3.8) is 0 Å². The molecule has 1 unspecified atom stereocenters. The fraction of sp³-hybridized carbons (Fsp3) is 0.0556. The van der Waals surface area contributed by atoms with Gasteiger partial charge in [-0.1, -0.05) is 48.5 Å². The lowest BCUT2D eigenvalue weighted by Gasteiger charge is -2.09. The van der Waals surface area contributed by atoms with Gasteiger partial charge in [0, 0.05) is 10.9 Å². The number of hydrogen-bond acceptors (Lipinski definition) is 3. The molecule has 0 radical (unpaired) electrons. The summed E-state index contributed by atoms with van der Waals surface area (Å²) in [6.07, 6.45) is 0. The smallest absolute Gasteiger partial charge is 0.229 e. The van der Waals surface area contributed by atoms with Crippen LogP contribution in [0.5, 0.6) is 0 Å². The Balaban J connectivity index is 1.92. The highest BCUT2D eigenvalue weighted by atomic mass is 16.2. The van der Waals surface area contributed by atoms with Crippen LogP contribution < -0.4 is 0 Å². The van der Waals surface area contributed by atoms with Crippen LogP contribution in [0.3, 0.4) is 0 Å². The van der Waals surface area contributed by atoms with Crippen LogP contribution in [0.25, 0.3) is 10.9 Å². The number of para-hydroxylation sites is 1. The number of nitrogens with zero attached hydrogens (tertiary/aromatic N) is 1. The number of Topliss-reactive ketones (excluding diaryl/α,β-unsaturated/α-hetero) is 2. The summed E-state index contributed by atoms with van der Waals surface area (Å²) in [4.78, 5) is 28.9. The van der Waals surface area contributed by atoms with Gasteiger partial charge in [0.25, 0.3) is 0 Å². The molecule has 4 rings (SSSR count). The van der Waals surface area contributed by atoms with Crippen LogP contribution in [0.4, 0.5) is 0 Å². The zero-order valence-corrected chi connectivity index (χ0v) is 11.1. The predicted molar refractivity (Wildman–Crippen MR) is 79.4 cm³/mol. The fourth-order valence-corrected chi connectivity index (χ4v) is 2.90. The van der Waals surface area contributed by atoms with Gasteiger partial charge in [-0.3, -0.25) is 14.6 Å². The van der Waals surface area contributed by atoms with E-state index in [2.05, 4.69) is 4.98 Å². The van der Waals surface area contributed by atoms with E-state index in [0.29, 0.717) is 11.3 Å². The molecule has 3 heteroatoms. The lowest BCUT2D eigenvalue weighted by atomic mass is 9.96. The average Bonchev–Trinajstić information content (AvgIpc) is 2.79. The summed E-state index contributed by atoms with van der Waals surface area (Å²) < 4.78 is 0. The summed E-state index contributed by atoms with van der Waals surface area (Å²) in [5, 5.41) is 1.02. The summed E-state index contributed by atoms with van der Waals surface area (Å²) in [5.41, 5.74) is 2.73. The number of pyridine rings is 1. The molecule has 1 aliphatic rings. The maximum absolute atomic E-state index is 12.3. The van der Waals surface area contributed by atoms with E-state index < -0.39 is 11.7 Å². The van der Waals surface area contributed by atoms with Crippen molar-refractivity contribution in [1.29, 1.82) is 0 Å². The summed E-state index contributed by atoms with van der Waals surface area (Å²) in [6.45, 7) is 0. The van der Waals surface area contributed by atoms with Gasteiger partial charge in [0.1, 0.15) is 0 Å². The van der Waals surface area contributed by atoms with Gasteiger partial charge in [-0.05, 0) is 17.7 Å². The van der Waals surface area contributed by atoms with Gasteiger partial charge in [-0.15, -0.1) is 0 Å². The molecule has 1 aliphatic carbocycles. The third kappa shape index (κ3) is 1.71. The second kappa shape index (κ2) is 4.35. The van der Waals surface area contributed by atoms with Crippen LogP contribution >= 0.6 is 0 Å². The third-order valence-electron chi connectivity index (χ3n) is 3.92. The van der Waals surface area contributed by atoms with Crippen LogP contribution in [-0.4, -0.2) is 16.6 Å². The van der Waals surface area contributed by atoms with E-state index >= 15 is 0 Å². The lowest BCUT2D eigenvalue weighted by molar-refractivity contribution is -0.115. The summed E-state index contributed by atoms with van der Waals surface area (Å²) in [7, 11) is 0. The zero-order chi connectivity index (χ0) is 14.4. The van der Waals surface area contributed by atoms with Crippen LogP contribution in [0, 0.1) is 0 Å². The first-order chi connectivity index (χ1) is 10.3. The van der Waals surface area contributed by atoms with Gasteiger partial charge < -0.3 is 0 Å². The SMILES string of the molecule is O=C1C(=O)C(c2ccc3ccccc3n2)c2ccccc21. The molecule has 0 fully saturated rings. The van der Waals surface area contributed by atoms with E-state index in [1.54, 1.807) is 12.1 Å². The van der Waals surface area contributed by atoms with Crippen LogP contribution in [0.15, 0.2) is 60.7 Å². The third-order valence-corrected chi connectivity index (χ3v) is 3.92. The fourth-order valence-electron chi connectivity index (χ4n) is 2.90. The van der Waals surface area contributed by atoms with Crippen molar-refractivity contribution in [1.82, 2.24) is 4.98 Å². The Kier molecular flexibility index (Phi) is 2.48. The number of fused-ring (bicyclic) bond motifs is 2. The topological polar surface area (TPSA) is 47.0 Å². The van der Waals surface area contributed by atoms with Gasteiger partial charge in [0.2, 0.25) is 11.6 Å². The van der Waals surface area contributed by atoms with Gasteiger partial charge in [0.05, 0.1) is 17.1 Å². The highest BCUT2D eigenvalue weighted by molar-refractivity contribution is 6.49. The number of ketones is 2. The van der Waals surface area contributed by atoms with E-state index in [9.17, 15) is 9.59 Å². The first kappa shape index (κ1) is 12.0. The molecule has 0 saturated heterocycles. The van der Waals surface area contributed by atoms with E-state index in [1.807, 2.05) is 48.5 Å². The van der Waals surface area contributed by atoms with Crippen molar-refractivity contribution in [2.24, 2.45) is 0 Å². The molecule has 0 saturated carbocycles. The molecule has 0 spiro atoms. The standard InChI is InChI=1S/C18H11NO2/c20-17-13-7-3-2-6-12(13)16(18(17)21)15-10-9-11-5-1-4-8-14(11)19-15/h1-10,16H. The molecule has 3 aromatic rings. The molecular weight excluding hydrogens is 262 g/mol. The Morgan fingerprint density at radius 2 is 1.57 bits per heavy atom. The van der Waals surface area contributed by atoms with Crippen LogP contribution in [0.1, 0.15) is 27.5 Å². The number of rotatable bonds is 1. The maximum Gasteiger partial charge on any atom is 0.229 e. The number of aromatic nitrogens is 1. The van der Waals surface area contributed by atoms with Crippen LogP contribution in [0.2, 0.25) is 0 Å². The normalized spacial score (nSPS) is 17.2. The highest BCUT2D eigenvalue weighted by Crippen LogP contribution is 2.35. The first-order valence-corrected chi connectivity index (χ1v) is 6.79. The van der Waals surface area contributed by atoms with Gasteiger partial charge in [-0.2, -0.15) is 0 Å². The predicted octanol–water partition coefficient (Wildman–Crippen LogP) is 3.13. The van der Waals surface area contributed by atoms with Crippen molar-refractivity contribution in [3.8, 4) is 0 Å². The molecule has 1 heterocycles. The van der Waals surface area contributed by atoms with E-state index in [1.165, 1.54) is 0 Å². The van der Waals surface area contributed by atoms with E-state index in [0.717, 1.165) is 16.5 Å².